The average molecular weight is 629 g/mol. The molecule has 12 nitrogen and oxygen atoms in total. The first-order chi connectivity index (χ1) is 22.2. The quantitative estimate of drug-likeness (QED) is 0.393. The van der Waals surface area contributed by atoms with Gasteiger partial charge in [0, 0.05) is 69.5 Å². The lowest BCUT2D eigenvalue weighted by atomic mass is 9.71. The molecule has 46 heavy (non-hydrogen) atoms. The third-order valence-corrected chi connectivity index (χ3v) is 10.1. The smallest absolute Gasteiger partial charge is 0.268 e. The molecule has 12 heteroatoms. The molecular formula is C34H40N6O6. The van der Waals surface area contributed by atoms with Gasteiger partial charge in [0.25, 0.3) is 11.5 Å². The fourth-order valence-corrected chi connectivity index (χ4v) is 7.34. The van der Waals surface area contributed by atoms with Gasteiger partial charge in [-0.05, 0) is 62.2 Å². The first-order valence-electron chi connectivity index (χ1n) is 15.7. The Morgan fingerprint density at radius 1 is 1.02 bits per heavy atom. The van der Waals surface area contributed by atoms with E-state index in [9.17, 15) is 19.2 Å². The Balaban J connectivity index is 0.00000386. The molecule has 4 aliphatic heterocycles. The van der Waals surface area contributed by atoms with Crippen molar-refractivity contribution in [2.24, 2.45) is 12.5 Å². The summed E-state index contributed by atoms with van der Waals surface area (Å²) in [6.07, 6.45) is 5.77. The molecule has 3 saturated heterocycles. The number of ether oxygens (including phenoxy) is 2. The van der Waals surface area contributed by atoms with E-state index in [-0.39, 0.29) is 36.5 Å². The van der Waals surface area contributed by atoms with Gasteiger partial charge in [0.15, 0.2) is 0 Å². The number of rotatable bonds is 7. The highest BCUT2D eigenvalue weighted by Gasteiger charge is 2.46. The fraction of sp³-hybridized carbons (Fsp3) is 0.441. The van der Waals surface area contributed by atoms with E-state index in [0.717, 1.165) is 72.9 Å². The van der Waals surface area contributed by atoms with Crippen molar-refractivity contribution in [1.29, 1.82) is 0 Å². The summed E-state index contributed by atoms with van der Waals surface area (Å²) in [5.41, 5.74) is 5.15. The molecule has 0 saturated carbocycles. The normalized spacial score (nSPS) is 20.8. The summed E-state index contributed by atoms with van der Waals surface area (Å²) < 4.78 is 13.1. The van der Waals surface area contributed by atoms with Crippen LogP contribution in [-0.4, -0.2) is 83.5 Å². The second kappa shape index (κ2) is 11.6. The van der Waals surface area contributed by atoms with Crippen LogP contribution in [0.5, 0.6) is 11.5 Å². The van der Waals surface area contributed by atoms with Gasteiger partial charge in [0.1, 0.15) is 17.5 Å². The van der Waals surface area contributed by atoms with Crippen LogP contribution in [0.4, 0.5) is 5.69 Å². The van der Waals surface area contributed by atoms with Gasteiger partial charge < -0.3 is 23.8 Å². The lowest BCUT2D eigenvalue weighted by molar-refractivity contribution is -0.136. The molecule has 1 spiro atoms. The number of hydrogen-bond donors (Lipinski definition) is 1. The molecule has 1 atom stereocenters. The number of benzene rings is 2. The van der Waals surface area contributed by atoms with Gasteiger partial charge in [-0.3, -0.25) is 29.4 Å². The van der Waals surface area contributed by atoms with Crippen molar-refractivity contribution in [3.05, 3.63) is 69.8 Å². The Morgan fingerprint density at radius 3 is 2.39 bits per heavy atom. The van der Waals surface area contributed by atoms with Crippen LogP contribution in [0.25, 0.3) is 11.3 Å². The number of likely N-dealkylation sites (tertiary alicyclic amines) is 1. The number of carbonyl (C=O) groups excluding carboxylic acids is 3. The number of nitrogens with zero attached hydrogens (tertiary/aromatic N) is 5. The van der Waals surface area contributed by atoms with E-state index < -0.39 is 6.04 Å². The predicted octanol–water partition coefficient (Wildman–Crippen LogP) is 2.57. The molecular weight excluding hydrogens is 588 g/mol. The van der Waals surface area contributed by atoms with E-state index in [0.29, 0.717) is 30.8 Å². The Morgan fingerprint density at radius 2 is 1.74 bits per heavy atom. The maximum absolute atomic E-state index is 13.3. The summed E-state index contributed by atoms with van der Waals surface area (Å²) in [6.45, 7) is 4.88. The fourth-order valence-electron chi connectivity index (χ4n) is 7.34. The predicted molar refractivity (Wildman–Crippen MR) is 172 cm³/mol. The van der Waals surface area contributed by atoms with E-state index in [1.165, 1.54) is 10.8 Å². The minimum absolute atomic E-state index is 0. The SMILES string of the molecule is COc1cc(-c2cn(C)c(=O)cn2)cc(OC)c1CN1CCC2(CC1)CN(c1ccc3c(c1)C(=O)N(C1CCC(=O)NC1=O)C3)C2.[HH]. The number of hydrogen-bond acceptors (Lipinski definition) is 9. The highest BCUT2D eigenvalue weighted by Crippen LogP contribution is 2.44. The molecule has 0 aliphatic carbocycles. The third kappa shape index (κ3) is 5.30. The average Bonchev–Trinajstić information content (AvgIpc) is 3.36. The Bertz CT molecular complexity index is 1770. The Hall–Kier alpha value is -4.71. The lowest BCUT2D eigenvalue weighted by Gasteiger charge is -2.55. The number of nitrogens with one attached hydrogen (secondary N) is 1. The van der Waals surface area contributed by atoms with Crippen LogP contribution in [-0.2, 0) is 29.7 Å². The van der Waals surface area contributed by atoms with Gasteiger partial charge in [0.2, 0.25) is 11.8 Å². The molecule has 5 heterocycles. The van der Waals surface area contributed by atoms with E-state index in [1.807, 2.05) is 24.3 Å². The van der Waals surface area contributed by atoms with Crippen LogP contribution < -0.4 is 25.2 Å². The maximum atomic E-state index is 13.3. The molecule has 1 unspecified atom stereocenters. The summed E-state index contributed by atoms with van der Waals surface area (Å²) in [4.78, 5) is 59.8. The number of carbonyl (C=O) groups is 3. The number of amides is 3. The highest BCUT2D eigenvalue weighted by atomic mass is 16.5. The van der Waals surface area contributed by atoms with Crippen LogP contribution in [0.1, 0.15) is 48.6 Å². The number of aromatic nitrogens is 2. The van der Waals surface area contributed by atoms with E-state index in [4.69, 9.17) is 9.47 Å². The second-order valence-corrected chi connectivity index (χ2v) is 13.0. The zero-order chi connectivity index (χ0) is 32.2. The molecule has 1 N–H and O–H groups in total. The number of methoxy groups -OCH3 is 2. The largest absolute Gasteiger partial charge is 0.496 e. The molecule has 3 fully saturated rings. The summed E-state index contributed by atoms with van der Waals surface area (Å²) in [5.74, 6) is 0.640. The van der Waals surface area contributed by atoms with Crippen molar-refractivity contribution >= 4 is 23.4 Å². The minimum Gasteiger partial charge on any atom is -0.496 e. The van der Waals surface area contributed by atoms with Crippen molar-refractivity contribution in [1.82, 2.24) is 24.7 Å². The van der Waals surface area contributed by atoms with Gasteiger partial charge >= 0.3 is 0 Å². The molecule has 0 radical (unpaired) electrons. The van der Waals surface area contributed by atoms with E-state index >= 15 is 0 Å². The summed E-state index contributed by atoms with van der Waals surface area (Å²) in [6, 6.07) is 9.35. The minimum atomic E-state index is -0.603. The molecule has 2 aromatic carbocycles. The number of fused-ring (bicyclic) bond motifs is 1. The lowest BCUT2D eigenvalue weighted by Crippen LogP contribution is -2.60. The standard InChI is InChI=1S/C34H38N6O6.H2/c1-37-18-26(35-15-31(37)42)22-12-28(45-2)25(29(13-22)46-3)17-38-10-8-34(9-11-38)19-39(20-34)23-5-4-21-16-40(33(44)24(21)14-23)27-6-7-30(41)36-32(27)43;/h4-5,12-15,18,27H,6-11,16-17,19-20H2,1-3H3,(H,36,41,43);1H. The molecule has 3 aromatic rings. The van der Waals surface area contributed by atoms with Gasteiger partial charge in [-0.2, -0.15) is 0 Å². The molecule has 3 amide bonds. The molecule has 0 bridgehead atoms. The van der Waals surface area contributed by atoms with Crippen LogP contribution in [0.2, 0.25) is 0 Å². The van der Waals surface area contributed by atoms with Gasteiger partial charge in [-0.15, -0.1) is 0 Å². The van der Waals surface area contributed by atoms with Crippen LogP contribution in [0, 0.1) is 5.41 Å². The van der Waals surface area contributed by atoms with Crippen LogP contribution >= 0.6 is 0 Å². The van der Waals surface area contributed by atoms with Crippen LogP contribution in [0.15, 0.2) is 47.5 Å². The highest BCUT2D eigenvalue weighted by molar-refractivity contribution is 6.05. The summed E-state index contributed by atoms with van der Waals surface area (Å²) in [5, 5.41) is 2.37. The first kappa shape index (κ1) is 30.0. The molecule has 242 valence electrons. The summed E-state index contributed by atoms with van der Waals surface area (Å²) >= 11 is 0. The molecule has 4 aliphatic rings. The molecule has 1 aromatic heterocycles. The zero-order valence-corrected chi connectivity index (χ0v) is 26.4. The Labute approximate surface area is 268 Å². The topological polar surface area (TPSA) is 126 Å². The Kier molecular flexibility index (Phi) is 7.54. The maximum Gasteiger partial charge on any atom is 0.268 e. The second-order valence-electron chi connectivity index (χ2n) is 13.0. The third-order valence-electron chi connectivity index (χ3n) is 10.1. The monoisotopic (exact) mass is 628 g/mol. The number of aryl methyl sites for hydroxylation is 1. The van der Waals surface area contributed by atoms with Gasteiger partial charge in [-0.25, -0.2) is 4.98 Å². The van der Waals surface area contributed by atoms with Crippen molar-refractivity contribution < 1.29 is 25.3 Å². The van der Waals surface area contributed by atoms with Crippen molar-refractivity contribution in [2.75, 3.05) is 45.3 Å². The summed E-state index contributed by atoms with van der Waals surface area (Å²) in [7, 11) is 5.01. The van der Waals surface area contributed by atoms with Crippen molar-refractivity contribution in [3.63, 3.8) is 0 Å². The zero-order valence-electron chi connectivity index (χ0n) is 26.4. The van der Waals surface area contributed by atoms with Crippen molar-refractivity contribution in [2.45, 2.75) is 44.8 Å². The van der Waals surface area contributed by atoms with E-state index in [2.05, 4.69) is 26.2 Å². The van der Waals surface area contributed by atoms with Gasteiger partial charge in [0.05, 0.1) is 31.7 Å². The van der Waals surface area contributed by atoms with Crippen molar-refractivity contribution in [3.8, 4) is 22.8 Å². The van der Waals surface area contributed by atoms with Gasteiger partial charge in [-0.1, -0.05) is 6.07 Å². The number of imide groups is 1. The number of anilines is 1. The number of piperidine rings is 2. The molecule has 7 rings (SSSR count). The first-order valence-corrected chi connectivity index (χ1v) is 15.7. The van der Waals surface area contributed by atoms with E-state index in [1.54, 1.807) is 32.4 Å². The van der Waals surface area contributed by atoms with Crippen LogP contribution in [0.3, 0.4) is 0 Å².